The average molecular weight is 292 g/mol. The minimum absolute atomic E-state index is 0.0805. The highest BCUT2D eigenvalue weighted by atomic mass is 16.5. The molecular weight excluding hydrogens is 272 g/mol. The fourth-order valence-corrected chi connectivity index (χ4v) is 2.71. The molecule has 6 heteroatoms. The number of aliphatic hydroxyl groups excluding tert-OH is 1. The minimum atomic E-state index is -0.770. The van der Waals surface area contributed by atoms with Crippen molar-refractivity contribution in [3.8, 4) is 5.75 Å². The van der Waals surface area contributed by atoms with Crippen molar-refractivity contribution in [1.29, 1.82) is 0 Å². The van der Waals surface area contributed by atoms with Crippen LogP contribution in [0.15, 0.2) is 18.2 Å². The average Bonchev–Trinajstić information content (AvgIpc) is 2.45. The molecule has 0 aromatic heterocycles. The Morgan fingerprint density at radius 3 is 2.76 bits per heavy atom. The summed E-state index contributed by atoms with van der Waals surface area (Å²) in [5, 5.41) is 12.4. The first-order chi connectivity index (χ1) is 9.99. The zero-order valence-electron chi connectivity index (χ0n) is 12.4. The van der Waals surface area contributed by atoms with Gasteiger partial charge in [-0.2, -0.15) is 0 Å². The van der Waals surface area contributed by atoms with E-state index in [4.69, 9.17) is 4.74 Å². The van der Waals surface area contributed by atoms with Crippen LogP contribution in [0.5, 0.6) is 5.75 Å². The lowest BCUT2D eigenvalue weighted by Crippen LogP contribution is -2.58. The second kappa shape index (κ2) is 6.13. The van der Waals surface area contributed by atoms with Crippen LogP contribution in [-0.4, -0.2) is 36.6 Å². The van der Waals surface area contributed by atoms with E-state index in [2.05, 4.69) is 5.32 Å². The zero-order valence-corrected chi connectivity index (χ0v) is 12.4. The van der Waals surface area contributed by atoms with Crippen molar-refractivity contribution in [2.75, 3.05) is 18.6 Å². The lowest BCUT2D eigenvalue weighted by atomic mass is 10.0. The number of benzene rings is 1. The van der Waals surface area contributed by atoms with Gasteiger partial charge in [0, 0.05) is 11.3 Å². The highest BCUT2D eigenvalue weighted by molar-refractivity contribution is 6.04. The Morgan fingerprint density at radius 2 is 2.19 bits per heavy atom. The second-order valence-corrected chi connectivity index (χ2v) is 5.03. The molecule has 0 saturated carbocycles. The summed E-state index contributed by atoms with van der Waals surface area (Å²) < 4.78 is 5.29. The number of hydrogen-bond donors (Lipinski definition) is 2. The number of anilines is 1. The first-order valence-corrected chi connectivity index (χ1v) is 6.94. The molecule has 0 aliphatic carbocycles. The van der Waals surface area contributed by atoms with Gasteiger partial charge in [0.25, 0.3) is 0 Å². The van der Waals surface area contributed by atoms with Gasteiger partial charge in [0.05, 0.1) is 19.8 Å². The van der Waals surface area contributed by atoms with Crippen molar-refractivity contribution >= 4 is 17.5 Å². The molecule has 1 unspecified atom stereocenters. The van der Waals surface area contributed by atoms with E-state index >= 15 is 0 Å². The summed E-state index contributed by atoms with van der Waals surface area (Å²) >= 11 is 0. The van der Waals surface area contributed by atoms with Gasteiger partial charge >= 0.3 is 0 Å². The van der Waals surface area contributed by atoms with Gasteiger partial charge in [-0.05, 0) is 25.5 Å². The van der Waals surface area contributed by atoms with Crippen LogP contribution in [0.4, 0.5) is 5.69 Å². The Hall–Kier alpha value is -2.08. The summed E-state index contributed by atoms with van der Waals surface area (Å²) in [4.78, 5) is 25.4. The van der Waals surface area contributed by atoms with E-state index in [-0.39, 0.29) is 18.4 Å². The molecule has 0 bridgehead atoms. The summed E-state index contributed by atoms with van der Waals surface area (Å²) in [5.41, 5.74) is 1.24. The molecule has 1 saturated heterocycles. The number of imide groups is 1. The molecule has 114 valence electrons. The van der Waals surface area contributed by atoms with Crippen molar-refractivity contribution < 1.29 is 19.4 Å². The Bertz CT molecular complexity index is 557. The summed E-state index contributed by atoms with van der Waals surface area (Å²) in [6.45, 7) is 3.60. The third-order valence-electron chi connectivity index (χ3n) is 3.63. The van der Waals surface area contributed by atoms with Crippen LogP contribution in [0.25, 0.3) is 0 Å². The number of carbonyl (C=O) groups excluding carboxylic acids is 2. The van der Waals surface area contributed by atoms with Crippen molar-refractivity contribution in [2.24, 2.45) is 0 Å². The zero-order chi connectivity index (χ0) is 15.6. The van der Waals surface area contributed by atoms with Crippen molar-refractivity contribution in [1.82, 2.24) is 5.32 Å². The van der Waals surface area contributed by atoms with Crippen LogP contribution in [0.2, 0.25) is 0 Å². The highest BCUT2D eigenvalue weighted by Crippen LogP contribution is 2.36. The summed E-state index contributed by atoms with van der Waals surface area (Å²) in [6, 6.07) is 4.88. The molecule has 2 amide bonds. The molecule has 1 aliphatic rings. The number of rotatable bonds is 4. The maximum Gasteiger partial charge on any atom is 0.249 e. The number of piperazine rings is 1. The number of amides is 2. The summed E-state index contributed by atoms with van der Waals surface area (Å²) in [7, 11) is 1.52. The standard InChI is InChI=1S/C15H20N2O4/c1-4-10-15(20)16-13(19)8-17(10)11-6-5-7-12(21-3)14(11)9(2)18/h5-7,9-10,18H,4,8H2,1-3H3,(H,16,19,20)/t9-,10?/m1/s1. The van der Waals surface area contributed by atoms with Crippen LogP contribution in [-0.2, 0) is 9.59 Å². The van der Waals surface area contributed by atoms with E-state index in [1.807, 2.05) is 6.92 Å². The van der Waals surface area contributed by atoms with Gasteiger partial charge < -0.3 is 14.7 Å². The fraction of sp³-hybridized carbons (Fsp3) is 0.467. The molecule has 1 heterocycles. The monoisotopic (exact) mass is 292 g/mol. The number of ether oxygens (including phenoxy) is 1. The van der Waals surface area contributed by atoms with Gasteiger partial charge in [0.15, 0.2) is 0 Å². The van der Waals surface area contributed by atoms with Crippen molar-refractivity contribution in [2.45, 2.75) is 32.4 Å². The number of hydrogen-bond acceptors (Lipinski definition) is 5. The van der Waals surface area contributed by atoms with Crippen LogP contribution < -0.4 is 15.0 Å². The van der Waals surface area contributed by atoms with Crippen molar-refractivity contribution in [3.05, 3.63) is 23.8 Å². The van der Waals surface area contributed by atoms with Gasteiger partial charge in [0.2, 0.25) is 11.8 Å². The quantitative estimate of drug-likeness (QED) is 0.809. The van der Waals surface area contributed by atoms with Gasteiger partial charge in [0.1, 0.15) is 11.8 Å². The van der Waals surface area contributed by atoms with E-state index in [1.54, 1.807) is 30.0 Å². The molecule has 2 atom stereocenters. The molecule has 2 rings (SSSR count). The number of aliphatic hydroxyl groups is 1. The molecule has 1 aromatic carbocycles. The van der Waals surface area contributed by atoms with E-state index < -0.39 is 12.1 Å². The SMILES string of the molecule is CCC1C(=O)NC(=O)CN1c1cccc(OC)c1[C@@H](C)O. The van der Waals surface area contributed by atoms with E-state index in [1.165, 1.54) is 7.11 Å². The van der Waals surface area contributed by atoms with Gasteiger partial charge in [-0.3, -0.25) is 14.9 Å². The van der Waals surface area contributed by atoms with Gasteiger partial charge in [-0.1, -0.05) is 13.0 Å². The Kier molecular flexibility index (Phi) is 4.47. The topological polar surface area (TPSA) is 78.9 Å². The van der Waals surface area contributed by atoms with Crippen LogP contribution >= 0.6 is 0 Å². The predicted octanol–water partition coefficient (Wildman–Crippen LogP) is 0.990. The molecule has 0 spiro atoms. The lowest BCUT2D eigenvalue weighted by Gasteiger charge is -2.37. The molecule has 1 fully saturated rings. The highest BCUT2D eigenvalue weighted by Gasteiger charge is 2.34. The molecule has 1 aliphatic heterocycles. The largest absolute Gasteiger partial charge is 0.496 e. The van der Waals surface area contributed by atoms with Gasteiger partial charge in [-0.25, -0.2) is 0 Å². The Balaban J connectivity index is 2.53. The molecule has 1 aromatic rings. The second-order valence-electron chi connectivity index (χ2n) is 5.03. The number of nitrogens with zero attached hydrogens (tertiary/aromatic N) is 1. The Labute approximate surface area is 123 Å². The number of carbonyl (C=O) groups is 2. The lowest BCUT2D eigenvalue weighted by molar-refractivity contribution is -0.132. The normalized spacial score (nSPS) is 20.2. The summed E-state index contributed by atoms with van der Waals surface area (Å²) in [5.74, 6) is -0.118. The maximum absolute atomic E-state index is 12.0. The van der Waals surface area contributed by atoms with E-state index in [0.29, 0.717) is 23.4 Å². The predicted molar refractivity (Wildman–Crippen MR) is 78.2 cm³/mol. The molecule has 2 N–H and O–H groups in total. The number of methoxy groups -OCH3 is 1. The molecule has 6 nitrogen and oxygen atoms in total. The fourth-order valence-electron chi connectivity index (χ4n) is 2.71. The van der Waals surface area contributed by atoms with E-state index in [9.17, 15) is 14.7 Å². The molecular formula is C15H20N2O4. The van der Waals surface area contributed by atoms with Crippen LogP contribution in [0, 0.1) is 0 Å². The van der Waals surface area contributed by atoms with Crippen LogP contribution in [0.1, 0.15) is 31.9 Å². The van der Waals surface area contributed by atoms with E-state index in [0.717, 1.165) is 0 Å². The smallest absolute Gasteiger partial charge is 0.249 e. The van der Waals surface area contributed by atoms with Crippen molar-refractivity contribution in [3.63, 3.8) is 0 Å². The number of nitrogens with one attached hydrogen (secondary N) is 1. The van der Waals surface area contributed by atoms with Gasteiger partial charge in [-0.15, -0.1) is 0 Å². The Morgan fingerprint density at radius 1 is 1.48 bits per heavy atom. The molecule has 21 heavy (non-hydrogen) atoms. The maximum atomic E-state index is 12.0. The molecule has 0 radical (unpaired) electrons. The first kappa shape index (κ1) is 15.3. The van der Waals surface area contributed by atoms with Crippen LogP contribution in [0.3, 0.4) is 0 Å². The third kappa shape index (κ3) is 2.85. The first-order valence-electron chi connectivity index (χ1n) is 6.94. The third-order valence-corrected chi connectivity index (χ3v) is 3.63. The minimum Gasteiger partial charge on any atom is -0.496 e. The summed E-state index contributed by atoms with van der Waals surface area (Å²) in [6.07, 6.45) is -0.205.